The number of amides is 2. The van der Waals surface area contributed by atoms with Gasteiger partial charge in [-0.3, -0.25) is 9.59 Å². The van der Waals surface area contributed by atoms with E-state index in [1.165, 1.54) is 10.4 Å². The van der Waals surface area contributed by atoms with Gasteiger partial charge in [-0.25, -0.2) is 8.42 Å². The third-order valence-corrected chi connectivity index (χ3v) is 9.20. The Kier molecular flexibility index (Phi) is 6.47. The van der Waals surface area contributed by atoms with Crippen molar-refractivity contribution >= 4 is 44.9 Å². The third kappa shape index (κ3) is 4.27. The van der Waals surface area contributed by atoms with Gasteiger partial charge < -0.3 is 9.80 Å². The molecule has 10 heteroatoms. The summed E-state index contributed by atoms with van der Waals surface area (Å²) in [6, 6.07) is 10.6. The summed E-state index contributed by atoms with van der Waals surface area (Å²) >= 11 is 2.90. The highest BCUT2D eigenvalue weighted by atomic mass is 32.2. The molecule has 7 nitrogen and oxygen atoms in total. The van der Waals surface area contributed by atoms with Gasteiger partial charge in [-0.05, 0) is 23.6 Å². The van der Waals surface area contributed by atoms with Crippen LogP contribution in [0.4, 0.5) is 0 Å². The summed E-state index contributed by atoms with van der Waals surface area (Å²) in [6.07, 6.45) is 0. The molecule has 2 aromatic rings. The largest absolute Gasteiger partial charge is 0.335 e. The van der Waals surface area contributed by atoms with E-state index in [0.29, 0.717) is 44.8 Å². The zero-order chi connectivity index (χ0) is 21.1. The fourth-order valence-corrected chi connectivity index (χ4v) is 7.54. The van der Waals surface area contributed by atoms with Crippen molar-refractivity contribution < 1.29 is 18.0 Å². The number of carbonyl (C=O) groups is 2. The van der Waals surface area contributed by atoms with E-state index in [1.807, 2.05) is 18.2 Å². The fourth-order valence-electron chi connectivity index (χ4n) is 3.60. The van der Waals surface area contributed by atoms with Gasteiger partial charge in [-0.15, -0.1) is 11.3 Å². The monoisotopic (exact) mass is 465 g/mol. The van der Waals surface area contributed by atoms with E-state index in [-0.39, 0.29) is 21.6 Å². The smallest absolute Gasteiger partial charge is 0.265 e. The van der Waals surface area contributed by atoms with Crippen LogP contribution in [0.1, 0.15) is 20.0 Å². The Balaban J connectivity index is 1.44. The molecule has 0 spiro atoms. The summed E-state index contributed by atoms with van der Waals surface area (Å²) in [4.78, 5) is 29.4. The Labute approximate surface area is 184 Å². The molecule has 0 bridgehead atoms. The molecule has 0 saturated carbocycles. The van der Waals surface area contributed by atoms with Crippen LogP contribution in [0.3, 0.4) is 0 Å². The van der Waals surface area contributed by atoms with Crippen molar-refractivity contribution in [2.24, 2.45) is 0 Å². The summed E-state index contributed by atoms with van der Waals surface area (Å²) in [6.45, 7) is 2.56. The predicted octanol–water partition coefficient (Wildman–Crippen LogP) is 2.08. The van der Waals surface area contributed by atoms with Crippen molar-refractivity contribution in [1.82, 2.24) is 14.1 Å². The fraction of sp³-hybridized carbons (Fsp3) is 0.400. The van der Waals surface area contributed by atoms with Gasteiger partial charge in [0, 0.05) is 56.3 Å². The molecular weight excluding hydrogens is 442 g/mol. The Morgan fingerprint density at radius 3 is 2.03 bits per heavy atom. The zero-order valence-corrected chi connectivity index (χ0v) is 18.8. The average Bonchev–Trinajstić information content (AvgIpc) is 3.30. The van der Waals surface area contributed by atoms with Crippen molar-refractivity contribution in [1.29, 1.82) is 0 Å². The van der Waals surface area contributed by atoms with E-state index in [1.54, 1.807) is 39.1 Å². The van der Waals surface area contributed by atoms with Gasteiger partial charge in [-0.1, -0.05) is 18.2 Å². The van der Waals surface area contributed by atoms with Crippen LogP contribution in [-0.2, 0) is 10.0 Å². The minimum absolute atomic E-state index is 0.0509. The lowest BCUT2D eigenvalue weighted by atomic mass is 10.2. The normalized spacial score (nSPS) is 18.4. The van der Waals surface area contributed by atoms with Crippen LogP contribution >= 0.6 is 23.1 Å². The lowest BCUT2D eigenvalue weighted by Gasteiger charge is -2.35. The summed E-state index contributed by atoms with van der Waals surface area (Å²) in [5, 5.41) is 1.66. The summed E-state index contributed by atoms with van der Waals surface area (Å²) in [5.41, 5.74) is 0.628. The van der Waals surface area contributed by atoms with Gasteiger partial charge in [0.05, 0.1) is 0 Å². The van der Waals surface area contributed by atoms with Crippen LogP contribution in [-0.4, -0.2) is 85.1 Å². The zero-order valence-electron chi connectivity index (χ0n) is 16.4. The second kappa shape index (κ2) is 9.09. The van der Waals surface area contributed by atoms with E-state index >= 15 is 0 Å². The maximum absolute atomic E-state index is 13.1. The lowest BCUT2D eigenvalue weighted by molar-refractivity contribution is 0.0536. The molecule has 0 N–H and O–H groups in total. The third-order valence-electron chi connectivity index (χ3n) is 5.29. The summed E-state index contributed by atoms with van der Waals surface area (Å²) in [5.74, 6) is 1.21. The topological polar surface area (TPSA) is 78.0 Å². The van der Waals surface area contributed by atoms with E-state index < -0.39 is 10.0 Å². The molecule has 0 atom stereocenters. The van der Waals surface area contributed by atoms with Crippen LogP contribution in [0.15, 0.2) is 46.7 Å². The minimum Gasteiger partial charge on any atom is -0.335 e. The molecule has 1 aromatic heterocycles. The average molecular weight is 466 g/mol. The van der Waals surface area contributed by atoms with Crippen molar-refractivity contribution in [3.05, 3.63) is 52.2 Å². The maximum Gasteiger partial charge on any atom is 0.265 e. The van der Waals surface area contributed by atoms with E-state index in [9.17, 15) is 18.0 Å². The quantitative estimate of drug-likeness (QED) is 0.691. The molecule has 0 unspecified atom stereocenters. The highest BCUT2D eigenvalue weighted by Crippen LogP contribution is 2.28. The van der Waals surface area contributed by atoms with Crippen LogP contribution < -0.4 is 0 Å². The van der Waals surface area contributed by atoms with Crippen LogP contribution in [0.5, 0.6) is 0 Å². The first-order chi connectivity index (χ1) is 14.5. The second-order valence-corrected chi connectivity index (χ2v) is 11.1. The number of thiophene rings is 1. The van der Waals surface area contributed by atoms with Gasteiger partial charge in [-0.2, -0.15) is 16.1 Å². The highest BCUT2D eigenvalue weighted by Gasteiger charge is 2.34. The van der Waals surface area contributed by atoms with Crippen molar-refractivity contribution in [3.63, 3.8) is 0 Å². The minimum atomic E-state index is -3.67. The number of piperazine rings is 1. The Morgan fingerprint density at radius 1 is 0.800 bits per heavy atom. The number of nitrogens with zero attached hydrogens (tertiary/aromatic N) is 3. The van der Waals surface area contributed by atoms with Gasteiger partial charge in [0.2, 0.25) is 10.0 Å². The molecule has 2 aliphatic rings. The molecular formula is C20H23N3O4S3. The molecule has 2 aliphatic heterocycles. The highest BCUT2D eigenvalue weighted by molar-refractivity contribution is 7.99. The Bertz CT molecular complexity index is 1010. The molecule has 2 amide bonds. The van der Waals surface area contributed by atoms with Crippen molar-refractivity contribution in [2.75, 3.05) is 50.8 Å². The van der Waals surface area contributed by atoms with E-state index in [0.717, 1.165) is 22.8 Å². The number of thioether (sulfide) groups is 1. The van der Waals surface area contributed by atoms with Gasteiger partial charge in [0.25, 0.3) is 11.8 Å². The molecule has 0 aliphatic carbocycles. The van der Waals surface area contributed by atoms with Crippen molar-refractivity contribution in [2.45, 2.75) is 4.90 Å². The number of hydrogen-bond acceptors (Lipinski definition) is 6. The first-order valence-corrected chi connectivity index (χ1v) is 13.2. The van der Waals surface area contributed by atoms with Crippen LogP contribution in [0, 0.1) is 0 Å². The molecule has 4 rings (SSSR count). The number of hydrogen-bond donors (Lipinski definition) is 0. The molecule has 160 valence electrons. The SMILES string of the molecule is O=C(c1ccccc1)N1CCN(C(=O)c2sccc2S(=O)(=O)N2CCSCC2)CC1. The summed E-state index contributed by atoms with van der Waals surface area (Å²) in [7, 11) is -3.67. The molecule has 3 heterocycles. The summed E-state index contributed by atoms with van der Waals surface area (Å²) < 4.78 is 27.6. The predicted molar refractivity (Wildman–Crippen MR) is 119 cm³/mol. The van der Waals surface area contributed by atoms with Crippen LogP contribution in [0.25, 0.3) is 0 Å². The van der Waals surface area contributed by atoms with Gasteiger partial charge >= 0.3 is 0 Å². The van der Waals surface area contributed by atoms with Crippen LogP contribution in [0.2, 0.25) is 0 Å². The molecule has 2 fully saturated rings. The maximum atomic E-state index is 13.1. The lowest BCUT2D eigenvalue weighted by Crippen LogP contribution is -2.50. The molecule has 1 aromatic carbocycles. The Morgan fingerprint density at radius 2 is 1.40 bits per heavy atom. The number of sulfonamides is 1. The first-order valence-electron chi connectivity index (χ1n) is 9.77. The number of benzene rings is 1. The molecule has 2 saturated heterocycles. The number of rotatable bonds is 4. The second-order valence-electron chi connectivity index (χ2n) is 7.08. The van der Waals surface area contributed by atoms with E-state index in [2.05, 4.69) is 0 Å². The number of carbonyl (C=O) groups excluding carboxylic acids is 2. The van der Waals surface area contributed by atoms with E-state index in [4.69, 9.17) is 0 Å². The standard InChI is InChI=1S/C20H23N3O4S3/c24-19(16-4-2-1-3-5-16)21-7-9-22(10-8-21)20(25)18-17(6-13-29-18)30(26,27)23-11-14-28-15-12-23/h1-6,13H,7-12,14-15H2. The first kappa shape index (κ1) is 21.4. The Hall–Kier alpha value is -1.88. The molecule has 0 radical (unpaired) electrons. The molecule has 30 heavy (non-hydrogen) atoms. The van der Waals surface area contributed by atoms with Gasteiger partial charge in [0.15, 0.2) is 0 Å². The van der Waals surface area contributed by atoms with Crippen molar-refractivity contribution in [3.8, 4) is 0 Å². The van der Waals surface area contributed by atoms with Gasteiger partial charge in [0.1, 0.15) is 9.77 Å².